The molecule has 25 heavy (non-hydrogen) atoms. The minimum atomic E-state index is -1.28. The van der Waals surface area contributed by atoms with Gasteiger partial charge in [-0.15, -0.1) is 0 Å². The average molecular weight is 349 g/mol. The molecule has 8 heteroatoms. The lowest BCUT2D eigenvalue weighted by molar-refractivity contribution is -0.139. The second-order valence-corrected chi connectivity index (χ2v) is 6.84. The zero-order valence-corrected chi connectivity index (χ0v) is 13.9. The van der Waals surface area contributed by atoms with Crippen molar-refractivity contribution in [2.75, 3.05) is 32.8 Å². The lowest BCUT2D eigenvalue weighted by Crippen LogP contribution is -2.55. The minimum Gasteiger partial charge on any atom is -0.493 e. The lowest BCUT2D eigenvalue weighted by atomic mass is 9.78. The van der Waals surface area contributed by atoms with Crippen molar-refractivity contribution in [1.82, 2.24) is 15.1 Å². The highest BCUT2D eigenvalue weighted by Gasteiger charge is 2.49. The molecule has 0 aromatic heterocycles. The Bertz CT molecular complexity index is 723. The molecule has 0 radical (unpaired) electrons. The number of allylic oxidation sites excluding steroid dienone is 1. The van der Waals surface area contributed by atoms with Crippen LogP contribution in [0.3, 0.4) is 0 Å². The molecule has 0 aromatic carbocycles. The number of nitrogens with one attached hydrogen (secondary N) is 1. The van der Waals surface area contributed by atoms with Crippen molar-refractivity contribution in [1.29, 1.82) is 0 Å². The highest BCUT2D eigenvalue weighted by atomic mass is 19.1. The van der Waals surface area contributed by atoms with Gasteiger partial charge in [0.1, 0.15) is 23.1 Å². The maximum atomic E-state index is 14.9. The normalized spacial score (nSPS) is 31.9. The van der Waals surface area contributed by atoms with Crippen molar-refractivity contribution in [2.45, 2.75) is 13.0 Å². The lowest BCUT2D eigenvalue weighted by Gasteiger charge is -2.48. The molecule has 1 amide bonds. The standard InChI is InChI=1S/C17H20FN3O4/c1-9-8-25-15-13-10(9)6-11(17(23)24)16(22)21(13)7-12(18)14(15)20-4-2-19-3-5-20/h6-7,9-10,13,19H,2-5,8H2,1H3,(H,23,24)/t9-,10?,13?/m0/s1. The van der Waals surface area contributed by atoms with E-state index in [1.807, 2.05) is 11.8 Å². The second-order valence-electron chi connectivity index (χ2n) is 6.84. The van der Waals surface area contributed by atoms with Crippen molar-refractivity contribution < 1.29 is 23.8 Å². The van der Waals surface area contributed by atoms with Gasteiger partial charge in [-0.2, -0.15) is 0 Å². The molecule has 4 heterocycles. The first-order valence-electron chi connectivity index (χ1n) is 8.47. The van der Waals surface area contributed by atoms with Crippen LogP contribution in [0, 0.1) is 11.8 Å². The number of aliphatic carboxylic acids is 1. The summed E-state index contributed by atoms with van der Waals surface area (Å²) in [7, 11) is 0. The first-order chi connectivity index (χ1) is 12.0. The first-order valence-corrected chi connectivity index (χ1v) is 8.47. The number of hydrogen-bond donors (Lipinski definition) is 2. The minimum absolute atomic E-state index is 0.0255. The Balaban J connectivity index is 1.82. The Hall–Kier alpha value is -2.35. The van der Waals surface area contributed by atoms with E-state index in [4.69, 9.17) is 4.74 Å². The van der Waals surface area contributed by atoms with E-state index < -0.39 is 23.7 Å². The fraction of sp³-hybridized carbons (Fsp3) is 0.529. The molecular formula is C17H20FN3O4. The fourth-order valence-electron chi connectivity index (χ4n) is 4.01. The van der Waals surface area contributed by atoms with Crippen molar-refractivity contribution in [3.8, 4) is 0 Å². The van der Waals surface area contributed by atoms with Gasteiger partial charge in [-0.05, 0) is 5.92 Å². The number of carboxylic acids is 1. The van der Waals surface area contributed by atoms with Gasteiger partial charge in [0.05, 0.1) is 6.61 Å². The molecule has 0 bridgehead atoms. The predicted molar refractivity (Wildman–Crippen MR) is 85.6 cm³/mol. The van der Waals surface area contributed by atoms with E-state index in [0.29, 0.717) is 31.2 Å². The number of nitrogens with zero attached hydrogens (tertiary/aromatic N) is 2. The summed E-state index contributed by atoms with van der Waals surface area (Å²) < 4.78 is 20.8. The van der Waals surface area contributed by atoms with Crippen LogP contribution in [0.4, 0.5) is 4.39 Å². The molecule has 0 saturated carbocycles. The van der Waals surface area contributed by atoms with Crippen LogP contribution in [-0.4, -0.2) is 65.6 Å². The summed E-state index contributed by atoms with van der Waals surface area (Å²) in [5.41, 5.74) is 0.101. The molecule has 134 valence electrons. The topological polar surface area (TPSA) is 82.1 Å². The molecule has 2 N–H and O–H groups in total. The van der Waals surface area contributed by atoms with Gasteiger partial charge >= 0.3 is 5.97 Å². The number of amides is 1. The van der Waals surface area contributed by atoms with E-state index in [1.165, 1.54) is 11.0 Å². The molecule has 0 aromatic rings. The van der Waals surface area contributed by atoms with Crippen LogP contribution in [0.2, 0.25) is 0 Å². The molecular weight excluding hydrogens is 329 g/mol. The predicted octanol–water partition coefficient (Wildman–Crippen LogP) is 0.432. The fourth-order valence-corrected chi connectivity index (χ4v) is 4.01. The van der Waals surface area contributed by atoms with Gasteiger partial charge in [0.15, 0.2) is 5.83 Å². The van der Waals surface area contributed by atoms with Gasteiger partial charge in [-0.3, -0.25) is 4.79 Å². The molecule has 0 aliphatic carbocycles. The Morgan fingerprint density at radius 2 is 2.12 bits per heavy atom. The third kappa shape index (κ3) is 2.43. The van der Waals surface area contributed by atoms with Gasteiger partial charge in [0.2, 0.25) is 0 Å². The van der Waals surface area contributed by atoms with Gasteiger partial charge in [-0.25, -0.2) is 9.18 Å². The molecule has 2 saturated heterocycles. The van der Waals surface area contributed by atoms with Gasteiger partial charge in [-0.1, -0.05) is 13.0 Å². The quantitative estimate of drug-likeness (QED) is 0.704. The summed E-state index contributed by atoms with van der Waals surface area (Å²) in [5.74, 6) is -2.28. The van der Waals surface area contributed by atoms with E-state index >= 15 is 0 Å². The molecule has 2 unspecified atom stereocenters. The van der Waals surface area contributed by atoms with Crippen LogP contribution in [0.15, 0.2) is 35.1 Å². The van der Waals surface area contributed by atoms with Crippen LogP contribution >= 0.6 is 0 Å². The number of ether oxygens (including phenoxy) is 1. The van der Waals surface area contributed by atoms with Crippen molar-refractivity contribution in [3.63, 3.8) is 0 Å². The summed E-state index contributed by atoms with van der Waals surface area (Å²) >= 11 is 0. The molecule has 7 nitrogen and oxygen atoms in total. The van der Waals surface area contributed by atoms with E-state index in [1.54, 1.807) is 0 Å². The summed E-state index contributed by atoms with van der Waals surface area (Å²) in [6.45, 7) is 5.12. The molecule has 0 spiro atoms. The zero-order chi connectivity index (χ0) is 17.7. The van der Waals surface area contributed by atoms with Crippen molar-refractivity contribution in [3.05, 3.63) is 35.1 Å². The number of carbonyl (C=O) groups excluding carboxylic acids is 1. The highest BCUT2D eigenvalue weighted by molar-refractivity contribution is 6.16. The number of rotatable bonds is 2. The molecule has 4 aliphatic heterocycles. The maximum Gasteiger partial charge on any atom is 0.341 e. The third-order valence-corrected chi connectivity index (χ3v) is 5.29. The molecule has 2 fully saturated rings. The zero-order valence-electron chi connectivity index (χ0n) is 13.9. The Labute approximate surface area is 144 Å². The SMILES string of the molecule is C[C@H]1COC2=C(N3CCNCC3)C(F)=CN3C(=O)C(C(=O)O)=CC1C23. The summed E-state index contributed by atoms with van der Waals surface area (Å²) in [5, 5.41) is 12.5. The number of carboxylic acid groups (broad SMARTS) is 1. The van der Waals surface area contributed by atoms with Crippen LogP contribution in [-0.2, 0) is 14.3 Å². The van der Waals surface area contributed by atoms with Gasteiger partial charge in [0, 0.05) is 38.3 Å². The molecule has 4 aliphatic rings. The Morgan fingerprint density at radius 3 is 2.80 bits per heavy atom. The van der Waals surface area contributed by atoms with Crippen molar-refractivity contribution in [2.24, 2.45) is 11.8 Å². The van der Waals surface area contributed by atoms with E-state index in [0.717, 1.165) is 19.3 Å². The van der Waals surface area contributed by atoms with Gasteiger partial charge < -0.3 is 25.0 Å². The maximum absolute atomic E-state index is 14.9. The molecule has 4 rings (SSSR count). The van der Waals surface area contributed by atoms with Crippen LogP contribution in [0.1, 0.15) is 6.92 Å². The monoisotopic (exact) mass is 349 g/mol. The Morgan fingerprint density at radius 1 is 1.40 bits per heavy atom. The van der Waals surface area contributed by atoms with Crippen LogP contribution in [0.5, 0.6) is 0 Å². The van der Waals surface area contributed by atoms with Crippen LogP contribution in [0.25, 0.3) is 0 Å². The highest BCUT2D eigenvalue weighted by Crippen LogP contribution is 2.44. The summed E-state index contributed by atoms with van der Waals surface area (Å²) in [6.07, 6.45) is 2.66. The second kappa shape index (κ2) is 5.87. The third-order valence-electron chi connectivity index (χ3n) is 5.29. The Kier molecular flexibility index (Phi) is 3.79. The number of piperazine rings is 1. The van der Waals surface area contributed by atoms with E-state index in [-0.39, 0.29) is 17.4 Å². The largest absolute Gasteiger partial charge is 0.493 e. The smallest absolute Gasteiger partial charge is 0.341 e. The first kappa shape index (κ1) is 16.1. The van der Waals surface area contributed by atoms with Gasteiger partial charge in [0.25, 0.3) is 5.91 Å². The summed E-state index contributed by atoms with van der Waals surface area (Å²) in [6, 6.07) is -0.483. The molecule has 3 atom stereocenters. The van der Waals surface area contributed by atoms with E-state index in [2.05, 4.69) is 5.32 Å². The summed E-state index contributed by atoms with van der Waals surface area (Å²) in [4.78, 5) is 27.1. The van der Waals surface area contributed by atoms with Crippen LogP contribution < -0.4 is 5.32 Å². The number of carbonyl (C=O) groups is 2. The number of halogens is 1. The van der Waals surface area contributed by atoms with Crippen molar-refractivity contribution >= 4 is 11.9 Å². The van der Waals surface area contributed by atoms with E-state index in [9.17, 15) is 19.1 Å². The average Bonchev–Trinajstić information content (AvgIpc) is 2.60. The number of hydrogen-bond acceptors (Lipinski definition) is 5.